The number of benzene rings is 1. The highest BCUT2D eigenvalue weighted by Gasteiger charge is 2.16. The van der Waals surface area contributed by atoms with Crippen molar-refractivity contribution in [3.63, 3.8) is 0 Å². The van der Waals surface area contributed by atoms with E-state index in [1.165, 1.54) is 6.33 Å². The van der Waals surface area contributed by atoms with Crippen molar-refractivity contribution in [1.29, 1.82) is 0 Å². The van der Waals surface area contributed by atoms with Gasteiger partial charge in [-0.1, -0.05) is 6.92 Å². The molecule has 0 bridgehead atoms. The van der Waals surface area contributed by atoms with Crippen molar-refractivity contribution in [3.8, 4) is 11.3 Å². The first-order valence-corrected chi connectivity index (χ1v) is 5.75. The monoisotopic (exact) mass is 267 g/mol. The third-order valence-corrected chi connectivity index (χ3v) is 2.79. The van der Waals surface area contributed by atoms with Crippen molar-refractivity contribution in [2.75, 3.05) is 12.4 Å². The Morgan fingerprint density at radius 2 is 1.74 bits per heavy atom. The molecule has 0 aliphatic heterocycles. The van der Waals surface area contributed by atoms with E-state index in [1.807, 2.05) is 6.92 Å². The summed E-state index contributed by atoms with van der Waals surface area (Å²) in [5.74, 6) is -3.37. The van der Waals surface area contributed by atoms with Gasteiger partial charge in [-0.05, 0) is 18.6 Å². The van der Waals surface area contributed by atoms with Crippen LogP contribution in [0.4, 0.5) is 19.0 Å². The molecule has 2 rings (SSSR count). The summed E-state index contributed by atoms with van der Waals surface area (Å²) in [6.07, 6.45) is 1.87. The van der Waals surface area contributed by atoms with E-state index in [4.69, 9.17) is 0 Å². The average Bonchev–Trinajstić information content (AvgIpc) is 2.43. The lowest BCUT2D eigenvalue weighted by atomic mass is 10.0. The Balaban J connectivity index is 2.65. The number of halogens is 3. The van der Waals surface area contributed by atoms with Crippen LogP contribution in [0.25, 0.3) is 11.3 Å². The van der Waals surface area contributed by atoms with E-state index >= 15 is 0 Å². The highest BCUT2D eigenvalue weighted by atomic mass is 19.2. The minimum Gasteiger partial charge on any atom is -0.373 e. The Hall–Kier alpha value is -2.11. The lowest BCUT2D eigenvalue weighted by molar-refractivity contribution is 0.447. The Morgan fingerprint density at radius 1 is 1.11 bits per heavy atom. The molecule has 0 atom stereocenters. The first kappa shape index (κ1) is 13.3. The molecular formula is C13H12F3N3. The fourth-order valence-corrected chi connectivity index (χ4v) is 1.90. The molecule has 2 aromatic rings. The number of anilines is 1. The molecule has 0 unspecified atom stereocenters. The number of hydrogen-bond donors (Lipinski definition) is 1. The van der Waals surface area contributed by atoms with E-state index in [9.17, 15) is 13.2 Å². The molecule has 0 radical (unpaired) electrons. The van der Waals surface area contributed by atoms with Gasteiger partial charge < -0.3 is 5.32 Å². The van der Waals surface area contributed by atoms with Crippen LogP contribution in [0, 0.1) is 17.5 Å². The van der Waals surface area contributed by atoms with E-state index in [2.05, 4.69) is 15.3 Å². The van der Waals surface area contributed by atoms with Gasteiger partial charge in [0.1, 0.15) is 12.1 Å². The standard InChI is InChI=1S/C13H12F3N3/c1-3-8-12(18-6-19-13(8)17-2)7-4-9(14)11(16)10(15)5-7/h4-6H,3H2,1-2H3,(H,17,18,19). The van der Waals surface area contributed by atoms with Crippen LogP contribution in [0.15, 0.2) is 18.5 Å². The summed E-state index contributed by atoms with van der Waals surface area (Å²) in [7, 11) is 1.69. The molecule has 100 valence electrons. The van der Waals surface area contributed by atoms with Crippen molar-refractivity contribution in [3.05, 3.63) is 41.5 Å². The van der Waals surface area contributed by atoms with Gasteiger partial charge in [0.2, 0.25) is 0 Å². The van der Waals surface area contributed by atoms with Crippen molar-refractivity contribution >= 4 is 5.82 Å². The fraction of sp³-hybridized carbons (Fsp3) is 0.231. The van der Waals surface area contributed by atoms with Crippen LogP contribution in [0.5, 0.6) is 0 Å². The minimum absolute atomic E-state index is 0.187. The highest BCUT2D eigenvalue weighted by Crippen LogP contribution is 2.28. The SMILES string of the molecule is CCc1c(NC)ncnc1-c1cc(F)c(F)c(F)c1. The number of rotatable bonds is 3. The summed E-state index contributed by atoms with van der Waals surface area (Å²) in [6.45, 7) is 1.87. The second kappa shape index (κ2) is 5.26. The van der Waals surface area contributed by atoms with Crippen LogP contribution in [0.1, 0.15) is 12.5 Å². The number of aromatic nitrogens is 2. The quantitative estimate of drug-likeness (QED) is 0.868. The predicted molar refractivity (Wildman–Crippen MR) is 66.3 cm³/mol. The molecule has 0 saturated heterocycles. The molecule has 0 fully saturated rings. The molecule has 1 aromatic heterocycles. The normalized spacial score (nSPS) is 10.6. The lowest BCUT2D eigenvalue weighted by Gasteiger charge is -2.11. The number of nitrogens with zero attached hydrogens (tertiary/aromatic N) is 2. The van der Waals surface area contributed by atoms with Crippen LogP contribution in [-0.4, -0.2) is 17.0 Å². The summed E-state index contributed by atoms with van der Waals surface area (Å²) in [5, 5.41) is 2.88. The smallest absolute Gasteiger partial charge is 0.194 e. The zero-order valence-corrected chi connectivity index (χ0v) is 10.5. The molecule has 0 amide bonds. The van der Waals surface area contributed by atoms with Gasteiger partial charge in [-0.15, -0.1) is 0 Å². The highest BCUT2D eigenvalue weighted by molar-refractivity contribution is 5.68. The third kappa shape index (κ3) is 2.38. The maximum absolute atomic E-state index is 13.3. The summed E-state index contributed by atoms with van der Waals surface area (Å²) >= 11 is 0. The summed E-state index contributed by atoms with van der Waals surface area (Å²) in [4.78, 5) is 8.07. The fourth-order valence-electron chi connectivity index (χ4n) is 1.90. The minimum atomic E-state index is -1.48. The molecule has 0 aliphatic carbocycles. The van der Waals surface area contributed by atoms with Gasteiger partial charge in [0.25, 0.3) is 0 Å². The van der Waals surface area contributed by atoms with Gasteiger partial charge in [0.15, 0.2) is 17.5 Å². The molecule has 1 N–H and O–H groups in total. The first-order chi connectivity index (χ1) is 9.08. The van der Waals surface area contributed by atoms with Gasteiger partial charge in [-0.2, -0.15) is 0 Å². The molecule has 0 aliphatic rings. The predicted octanol–water partition coefficient (Wildman–Crippen LogP) is 3.17. The first-order valence-electron chi connectivity index (χ1n) is 5.75. The molecule has 1 aromatic carbocycles. The van der Waals surface area contributed by atoms with Crippen molar-refractivity contribution in [1.82, 2.24) is 9.97 Å². The molecule has 0 saturated carbocycles. The lowest BCUT2D eigenvalue weighted by Crippen LogP contribution is -2.03. The number of hydrogen-bond acceptors (Lipinski definition) is 3. The average molecular weight is 267 g/mol. The van der Waals surface area contributed by atoms with Crippen molar-refractivity contribution in [2.24, 2.45) is 0 Å². The summed E-state index contributed by atoms with van der Waals surface area (Å²) in [6, 6.07) is 1.86. The van der Waals surface area contributed by atoms with Gasteiger partial charge in [0.05, 0.1) is 5.69 Å². The Bertz CT molecular complexity index is 591. The van der Waals surface area contributed by atoms with Gasteiger partial charge in [-0.25, -0.2) is 23.1 Å². The summed E-state index contributed by atoms with van der Waals surface area (Å²) < 4.78 is 39.5. The molecule has 6 heteroatoms. The van der Waals surface area contributed by atoms with Crippen LogP contribution in [0.2, 0.25) is 0 Å². The van der Waals surface area contributed by atoms with Crippen LogP contribution in [0.3, 0.4) is 0 Å². The van der Waals surface area contributed by atoms with E-state index in [0.29, 0.717) is 17.9 Å². The van der Waals surface area contributed by atoms with E-state index in [0.717, 1.165) is 17.7 Å². The molecule has 1 heterocycles. The molecule has 0 spiro atoms. The zero-order valence-electron chi connectivity index (χ0n) is 10.5. The Kier molecular flexibility index (Phi) is 3.69. The zero-order chi connectivity index (χ0) is 14.0. The van der Waals surface area contributed by atoms with Crippen LogP contribution < -0.4 is 5.32 Å². The topological polar surface area (TPSA) is 37.8 Å². The van der Waals surface area contributed by atoms with Crippen molar-refractivity contribution in [2.45, 2.75) is 13.3 Å². The second-order valence-electron chi connectivity index (χ2n) is 3.91. The molecule has 3 nitrogen and oxygen atoms in total. The Labute approximate surface area is 108 Å². The van der Waals surface area contributed by atoms with E-state index in [1.54, 1.807) is 7.05 Å². The summed E-state index contributed by atoms with van der Waals surface area (Å²) in [5.41, 5.74) is 1.29. The third-order valence-electron chi connectivity index (χ3n) is 2.79. The van der Waals surface area contributed by atoms with E-state index in [-0.39, 0.29) is 5.56 Å². The van der Waals surface area contributed by atoms with Crippen LogP contribution in [-0.2, 0) is 6.42 Å². The van der Waals surface area contributed by atoms with Gasteiger partial charge in [0, 0.05) is 18.2 Å². The number of nitrogens with one attached hydrogen (secondary N) is 1. The van der Waals surface area contributed by atoms with Crippen LogP contribution >= 0.6 is 0 Å². The molecule has 19 heavy (non-hydrogen) atoms. The second-order valence-corrected chi connectivity index (χ2v) is 3.91. The maximum Gasteiger partial charge on any atom is 0.194 e. The Morgan fingerprint density at radius 3 is 2.26 bits per heavy atom. The maximum atomic E-state index is 13.3. The van der Waals surface area contributed by atoms with Crippen molar-refractivity contribution < 1.29 is 13.2 Å². The van der Waals surface area contributed by atoms with E-state index < -0.39 is 17.5 Å². The van der Waals surface area contributed by atoms with Gasteiger partial charge in [-0.3, -0.25) is 0 Å². The van der Waals surface area contributed by atoms with Gasteiger partial charge >= 0.3 is 0 Å². The largest absolute Gasteiger partial charge is 0.373 e. The molecular weight excluding hydrogens is 255 g/mol.